The Hall–Kier alpha value is -2.08. The molecule has 0 spiro atoms. The standard InChI is InChI=1S/C17H23NO5/c1-3-23-9-8-16(19)18-10-13(14(11-18)17(20)21)12-6-4-5-7-15(12)22-2/h4-7,13-14H,3,8-11H2,1-2H3,(H,20,21)/t13-,14+/m0/s1. The normalized spacial score (nSPS) is 20.5. The lowest BCUT2D eigenvalue weighted by molar-refractivity contribution is -0.141. The zero-order valence-corrected chi connectivity index (χ0v) is 13.5. The molecule has 1 saturated heterocycles. The number of likely N-dealkylation sites (tertiary alicyclic amines) is 1. The number of rotatable bonds is 7. The van der Waals surface area contributed by atoms with Gasteiger partial charge >= 0.3 is 5.97 Å². The van der Waals surface area contributed by atoms with Crippen LogP contribution in [0.15, 0.2) is 24.3 Å². The van der Waals surface area contributed by atoms with Crippen LogP contribution in [0.5, 0.6) is 5.75 Å². The van der Waals surface area contributed by atoms with E-state index in [9.17, 15) is 14.7 Å². The van der Waals surface area contributed by atoms with E-state index in [2.05, 4.69) is 0 Å². The Labute approximate surface area is 136 Å². The number of para-hydroxylation sites is 1. The van der Waals surface area contributed by atoms with Crippen LogP contribution in [0.1, 0.15) is 24.8 Å². The second-order valence-electron chi connectivity index (χ2n) is 5.54. The summed E-state index contributed by atoms with van der Waals surface area (Å²) >= 11 is 0. The fourth-order valence-corrected chi connectivity index (χ4v) is 3.01. The van der Waals surface area contributed by atoms with E-state index in [4.69, 9.17) is 9.47 Å². The van der Waals surface area contributed by atoms with E-state index < -0.39 is 11.9 Å². The van der Waals surface area contributed by atoms with Crippen LogP contribution >= 0.6 is 0 Å². The van der Waals surface area contributed by atoms with E-state index in [0.717, 1.165) is 5.56 Å². The Morgan fingerprint density at radius 1 is 1.30 bits per heavy atom. The molecule has 1 N–H and O–H groups in total. The maximum atomic E-state index is 12.2. The molecule has 6 nitrogen and oxygen atoms in total. The number of benzene rings is 1. The molecule has 0 radical (unpaired) electrons. The number of ether oxygens (including phenoxy) is 2. The highest BCUT2D eigenvalue weighted by Gasteiger charge is 2.41. The maximum Gasteiger partial charge on any atom is 0.308 e. The van der Waals surface area contributed by atoms with Crippen molar-refractivity contribution in [3.05, 3.63) is 29.8 Å². The molecule has 2 rings (SSSR count). The third-order valence-corrected chi connectivity index (χ3v) is 4.19. The fraction of sp³-hybridized carbons (Fsp3) is 0.529. The van der Waals surface area contributed by atoms with Crippen molar-refractivity contribution in [2.45, 2.75) is 19.3 Å². The van der Waals surface area contributed by atoms with Crippen molar-refractivity contribution >= 4 is 11.9 Å². The summed E-state index contributed by atoms with van der Waals surface area (Å²) in [5, 5.41) is 9.52. The van der Waals surface area contributed by atoms with Crippen LogP contribution in [-0.2, 0) is 14.3 Å². The second kappa shape index (κ2) is 7.97. The molecule has 0 bridgehead atoms. The highest BCUT2D eigenvalue weighted by molar-refractivity contribution is 5.80. The van der Waals surface area contributed by atoms with Crippen molar-refractivity contribution in [2.75, 3.05) is 33.4 Å². The molecule has 0 aliphatic carbocycles. The number of carboxylic acids is 1. The molecule has 1 heterocycles. The average molecular weight is 321 g/mol. The monoisotopic (exact) mass is 321 g/mol. The van der Waals surface area contributed by atoms with Crippen LogP contribution in [0.4, 0.5) is 0 Å². The topological polar surface area (TPSA) is 76.1 Å². The molecule has 0 unspecified atom stereocenters. The van der Waals surface area contributed by atoms with Crippen LogP contribution in [0.3, 0.4) is 0 Å². The number of methoxy groups -OCH3 is 1. The van der Waals surface area contributed by atoms with Gasteiger partial charge in [0.25, 0.3) is 0 Å². The van der Waals surface area contributed by atoms with Crippen molar-refractivity contribution in [3.8, 4) is 5.75 Å². The zero-order valence-electron chi connectivity index (χ0n) is 13.5. The number of carbonyl (C=O) groups excluding carboxylic acids is 1. The predicted octanol–water partition coefficient (Wildman–Crippen LogP) is 1.75. The van der Waals surface area contributed by atoms with Crippen LogP contribution in [-0.4, -0.2) is 55.3 Å². The van der Waals surface area contributed by atoms with Gasteiger partial charge in [0.05, 0.1) is 26.1 Å². The van der Waals surface area contributed by atoms with Crippen molar-refractivity contribution in [1.29, 1.82) is 0 Å². The van der Waals surface area contributed by atoms with Crippen molar-refractivity contribution in [1.82, 2.24) is 4.90 Å². The Balaban J connectivity index is 2.15. The first-order chi connectivity index (χ1) is 11.1. The molecule has 1 aliphatic rings. The quantitative estimate of drug-likeness (QED) is 0.774. The summed E-state index contributed by atoms with van der Waals surface area (Å²) in [5.74, 6) is -1.18. The van der Waals surface area contributed by atoms with E-state index in [1.165, 1.54) is 0 Å². The molecule has 126 valence electrons. The Bertz CT molecular complexity index is 560. The van der Waals surface area contributed by atoms with Gasteiger partial charge in [-0.25, -0.2) is 0 Å². The number of hydrogen-bond acceptors (Lipinski definition) is 4. The third-order valence-electron chi connectivity index (χ3n) is 4.19. The minimum atomic E-state index is -0.888. The first-order valence-electron chi connectivity index (χ1n) is 7.79. The number of carboxylic acid groups (broad SMARTS) is 1. The summed E-state index contributed by atoms with van der Waals surface area (Å²) in [4.78, 5) is 25.5. The zero-order chi connectivity index (χ0) is 16.8. The van der Waals surface area contributed by atoms with Gasteiger partial charge < -0.3 is 19.5 Å². The summed E-state index contributed by atoms with van der Waals surface area (Å²) in [6.45, 7) is 3.42. The van der Waals surface area contributed by atoms with Gasteiger partial charge in [0.15, 0.2) is 0 Å². The highest BCUT2D eigenvalue weighted by atomic mass is 16.5. The molecule has 6 heteroatoms. The lowest BCUT2D eigenvalue weighted by Gasteiger charge is -2.18. The molecule has 1 aliphatic heterocycles. The molecule has 2 atom stereocenters. The Morgan fingerprint density at radius 2 is 2.04 bits per heavy atom. The van der Waals surface area contributed by atoms with Crippen molar-refractivity contribution in [2.24, 2.45) is 5.92 Å². The van der Waals surface area contributed by atoms with E-state index in [-0.39, 0.29) is 24.8 Å². The molecule has 0 aromatic heterocycles. The molecule has 1 fully saturated rings. The van der Waals surface area contributed by atoms with Crippen LogP contribution < -0.4 is 4.74 Å². The van der Waals surface area contributed by atoms with Crippen LogP contribution in [0.2, 0.25) is 0 Å². The lowest BCUT2D eigenvalue weighted by atomic mass is 9.88. The third kappa shape index (κ3) is 4.01. The van der Waals surface area contributed by atoms with Gasteiger partial charge in [0, 0.05) is 25.6 Å². The van der Waals surface area contributed by atoms with E-state index >= 15 is 0 Å². The smallest absolute Gasteiger partial charge is 0.308 e. The summed E-state index contributed by atoms with van der Waals surface area (Å²) in [6, 6.07) is 7.38. The molecule has 1 aromatic carbocycles. The summed E-state index contributed by atoms with van der Waals surface area (Å²) in [5.41, 5.74) is 0.836. The Morgan fingerprint density at radius 3 is 2.70 bits per heavy atom. The van der Waals surface area contributed by atoms with Gasteiger partial charge in [-0.3, -0.25) is 9.59 Å². The molecule has 23 heavy (non-hydrogen) atoms. The largest absolute Gasteiger partial charge is 0.496 e. The molecule has 1 amide bonds. The lowest BCUT2D eigenvalue weighted by Crippen LogP contribution is -2.30. The van der Waals surface area contributed by atoms with Crippen LogP contribution in [0, 0.1) is 5.92 Å². The average Bonchev–Trinajstić information content (AvgIpc) is 3.00. The molecular weight excluding hydrogens is 298 g/mol. The van der Waals surface area contributed by atoms with Gasteiger partial charge in [-0.1, -0.05) is 18.2 Å². The van der Waals surface area contributed by atoms with Crippen molar-refractivity contribution in [3.63, 3.8) is 0 Å². The SMILES string of the molecule is CCOCCC(=O)N1C[C@@H](C(=O)O)[C@H](c2ccccc2OC)C1. The summed E-state index contributed by atoms with van der Waals surface area (Å²) in [6.07, 6.45) is 0.277. The number of amides is 1. The highest BCUT2D eigenvalue weighted by Crippen LogP contribution is 2.37. The maximum absolute atomic E-state index is 12.2. The van der Waals surface area contributed by atoms with Gasteiger partial charge in [0.2, 0.25) is 5.91 Å². The first kappa shape index (κ1) is 17.3. The number of carbonyl (C=O) groups is 2. The fourth-order valence-electron chi connectivity index (χ4n) is 3.01. The molecule has 1 aromatic rings. The Kier molecular flexibility index (Phi) is 5.98. The van der Waals surface area contributed by atoms with E-state index in [1.54, 1.807) is 12.0 Å². The van der Waals surface area contributed by atoms with E-state index in [0.29, 0.717) is 25.5 Å². The number of nitrogens with zero attached hydrogens (tertiary/aromatic N) is 1. The van der Waals surface area contributed by atoms with Gasteiger partial charge in [-0.2, -0.15) is 0 Å². The second-order valence-corrected chi connectivity index (χ2v) is 5.54. The molecular formula is C17H23NO5. The van der Waals surface area contributed by atoms with E-state index in [1.807, 2.05) is 31.2 Å². The predicted molar refractivity (Wildman–Crippen MR) is 84.6 cm³/mol. The van der Waals surface area contributed by atoms with Crippen molar-refractivity contribution < 1.29 is 24.2 Å². The van der Waals surface area contributed by atoms with Gasteiger partial charge in [-0.15, -0.1) is 0 Å². The number of aliphatic carboxylic acids is 1. The van der Waals surface area contributed by atoms with Gasteiger partial charge in [-0.05, 0) is 18.6 Å². The molecule has 0 saturated carbocycles. The minimum absolute atomic E-state index is 0.0675. The number of hydrogen-bond donors (Lipinski definition) is 1. The minimum Gasteiger partial charge on any atom is -0.496 e. The first-order valence-corrected chi connectivity index (χ1v) is 7.79. The summed E-state index contributed by atoms with van der Waals surface area (Å²) in [7, 11) is 1.56. The van der Waals surface area contributed by atoms with Gasteiger partial charge in [0.1, 0.15) is 5.75 Å². The summed E-state index contributed by atoms with van der Waals surface area (Å²) < 4.78 is 10.5. The van der Waals surface area contributed by atoms with Crippen LogP contribution in [0.25, 0.3) is 0 Å².